The molecule has 1 N–H and O–H groups in total. The summed E-state index contributed by atoms with van der Waals surface area (Å²) in [5.74, 6) is 3.18. The van der Waals surface area contributed by atoms with Crippen molar-refractivity contribution in [2.75, 3.05) is 7.05 Å². The first kappa shape index (κ1) is 11.7. The van der Waals surface area contributed by atoms with Crippen molar-refractivity contribution in [2.24, 2.45) is 23.2 Å². The second-order valence-electron chi connectivity index (χ2n) is 6.95. The van der Waals surface area contributed by atoms with Crippen LogP contribution in [0.4, 0.5) is 0 Å². The van der Waals surface area contributed by atoms with Crippen molar-refractivity contribution in [3.63, 3.8) is 0 Å². The minimum Gasteiger partial charge on any atom is -0.310 e. The molecule has 2 heteroatoms. The molecule has 3 atom stereocenters. The molecule has 0 saturated heterocycles. The lowest BCUT2D eigenvalue weighted by Crippen LogP contribution is -2.51. The first-order valence-corrected chi connectivity index (χ1v) is 7.31. The Morgan fingerprint density at radius 2 is 1.76 bits per heavy atom. The van der Waals surface area contributed by atoms with Crippen LogP contribution in [-0.2, 0) is 4.79 Å². The SMILES string of the molecule is CN[C@H](C(C)=O)C12CCC3CC(CC(C3)C1)C2. The normalized spacial score (nSPS) is 45.6. The summed E-state index contributed by atoms with van der Waals surface area (Å²) in [6.07, 6.45) is 9.64. The number of Topliss-reactive ketones (excluding diaryl/α,β-unsaturated/α-hetero) is 1. The molecule has 0 amide bonds. The Morgan fingerprint density at radius 3 is 2.29 bits per heavy atom. The van der Waals surface area contributed by atoms with E-state index in [-0.39, 0.29) is 6.04 Å². The van der Waals surface area contributed by atoms with Crippen LogP contribution in [0.2, 0.25) is 0 Å². The van der Waals surface area contributed by atoms with E-state index in [4.69, 9.17) is 0 Å². The summed E-state index contributed by atoms with van der Waals surface area (Å²) in [6.45, 7) is 1.77. The molecule has 4 bridgehead atoms. The second-order valence-corrected chi connectivity index (χ2v) is 6.95. The molecular formula is C15H25NO. The molecule has 0 aromatic rings. The molecule has 0 heterocycles. The average molecular weight is 235 g/mol. The molecule has 0 aromatic heterocycles. The van der Waals surface area contributed by atoms with Crippen molar-refractivity contribution >= 4 is 5.78 Å². The van der Waals surface area contributed by atoms with Gasteiger partial charge in [0.15, 0.2) is 0 Å². The first-order chi connectivity index (χ1) is 8.13. The minimum atomic E-state index is 0.115. The Kier molecular flexibility index (Phi) is 2.81. The molecule has 4 aliphatic carbocycles. The molecule has 0 aromatic carbocycles. The highest BCUT2D eigenvalue weighted by molar-refractivity contribution is 5.82. The Morgan fingerprint density at radius 1 is 1.18 bits per heavy atom. The van der Waals surface area contributed by atoms with Crippen molar-refractivity contribution < 1.29 is 4.79 Å². The van der Waals surface area contributed by atoms with Crippen LogP contribution in [0.25, 0.3) is 0 Å². The van der Waals surface area contributed by atoms with E-state index in [1.807, 2.05) is 7.05 Å². The summed E-state index contributed by atoms with van der Waals surface area (Å²) in [7, 11) is 1.97. The van der Waals surface area contributed by atoms with E-state index >= 15 is 0 Å². The zero-order chi connectivity index (χ0) is 12.0. The van der Waals surface area contributed by atoms with Gasteiger partial charge in [-0.25, -0.2) is 0 Å². The Hall–Kier alpha value is -0.370. The lowest BCUT2D eigenvalue weighted by atomic mass is 9.58. The summed E-state index contributed by atoms with van der Waals surface area (Å²) in [6, 6.07) is 0.115. The van der Waals surface area contributed by atoms with Gasteiger partial charge in [-0.2, -0.15) is 0 Å². The van der Waals surface area contributed by atoms with E-state index in [0.717, 1.165) is 17.8 Å². The molecule has 4 saturated carbocycles. The molecular weight excluding hydrogens is 210 g/mol. The van der Waals surface area contributed by atoms with E-state index < -0.39 is 0 Å². The van der Waals surface area contributed by atoms with Crippen molar-refractivity contribution in [1.82, 2.24) is 5.32 Å². The maximum Gasteiger partial charge on any atom is 0.147 e. The summed E-state index contributed by atoms with van der Waals surface area (Å²) < 4.78 is 0. The third-order valence-corrected chi connectivity index (χ3v) is 5.75. The molecule has 0 radical (unpaired) electrons. The van der Waals surface area contributed by atoms with Gasteiger partial charge in [0.2, 0.25) is 0 Å². The maximum absolute atomic E-state index is 11.9. The number of rotatable bonds is 3. The quantitative estimate of drug-likeness (QED) is 0.815. The van der Waals surface area contributed by atoms with Crippen LogP contribution in [0.3, 0.4) is 0 Å². The number of hydrogen-bond acceptors (Lipinski definition) is 2. The van der Waals surface area contributed by atoms with Crippen LogP contribution >= 0.6 is 0 Å². The van der Waals surface area contributed by atoms with E-state index in [0.29, 0.717) is 11.2 Å². The number of ketones is 1. The fourth-order valence-electron chi connectivity index (χ4n) is 5.52. The molecule has 0 spiro atoms. The molecule has 4 aliphatic rings. The summed E-state index contributed by atoms with van der Waals surface area (Å²) in [5, 5.41) is 3.33. The fraction of sp³-hybridized carbons (Fsp3) is 0.933. The van der Waals surface area contributed by atoms with Crippen molar-refractivity contribution in [3.8, 4) is 0 Å². The van der Waals surface area contributed by atoms with Gasteiger partial charge in [0.05, 0.1) is 6.04 Å². The molecule has 96 valence electrons. The lowest BCUT2D eigenvalue weighted by Gasteiger charge is -2.48. The molecule has 2 nitrogen and oxygen atoms in total. The molecule has 17 heavy (non-hydrogen) atoms. The average Bonchev–Trinajstić information content (AvgIpc) is 2.44. The smallest absolute Gasteiger partial charge is 0.147 e. The highest BCUT2D eigenvalue weighted by Gasteiger charge is 2.51. The zero-order valence-electron chi connectivity index (χ0n) is 11.2. The maximum atomic E-state index is 11.9. The molecule has 2 unspecified atom stereocenters. The zero-order valence-corrected chi connectivity index (χ0v) is 11.2. The Balaban J connectivity index is 1.92. The van der Waals surface area contributed by atoms with E-state index in [1.54, 1.807) is 6.92 Å². The number of carbonyl (C=O) groups excluding carboxylic acids is 1. The second kappa shape index (κ2) is 4.08. The number of likely N-dealkylation sites (N-methyl/N-ethyl adjacent to an activating group) is 1. The van der Waals surface area contributed by atoms with Gasteiger partial charge in [-0.05, 0) is 82.1 Å². The largest absolute Gasteiger partial charge is 0.310 e. The van der Waals surface area contributed by atoms with Gasteiger partial charge in [0.25, 0.3) is 0 Å². The third kappa shape index (κ3) is 1.85. The highest BCUT2D eigenvalue weighted by Crippen LogP contribution is 2.58. The van der Waals surface area contributed by atoms with Gasteiger partial charge in [0, 0.05) is 0 Å². The van der Waals surface area contributed by atoms with Crippen molar-refractivity contribution in [2.45, 2.75) is 57.9 Å². The van der Waals surface area contributed by atoms with Gasteiger partial charge >= 0.3 is 0 Å². The van der Waals surface area contributed by atoms with E-state index in [9.17, 15) is 4.79 Å². The summed E-state index contributed by atoms with van der Waals surface area (Å²) in [4.78, 5) is 11.9. The Bertz CT molecular complexity index is 311. The number of fused-ring (bicyclic) bond motifs is 1. The monoisotopic (exact) mass is 235 g/mol. The van der Waals surface area contributed by atoms with Crippen LogP contribution in [0.15, 0.2) is 0 Å². The van der Waals surface area contributed by atoms with Gasteiger partial charge < -0.3 is 5.32 Å². The van der Waals surface area contributed by atoms with Crippen LogP contribution in [0.5, 0.6) is 0 Å². The third-order valence-electron chi connectivity index (χ3n) is 5.75. The van der Waals surface area contributed by atoms with Gasteiger partial charge in [0.1, 0.15) is 5.78 Å². The van der Waals surface area contributed by atoms with Gasteiger partial charge in [-0.1, -0.05) is 0 Å². The predicted molar refractivity (Wildman–Crippen MR) is 68.8 cm³/mol. The summed E-state index contributed by atoms with van der Waals surface area (Å²) in [5.41, 5.74) is 0.305. The minimum absolute atomic E-state index is 0.115. The Labute approximate surface area is 105 Å². The predicted octanol–water partition coefficient (Wildman–Crippen LogP) is 2.77. The topological polar surface area (TPSA) is 29.1 Å². The molecule has 4 rings (SSSR count). The summed E-state index contributed by atoms with van der Waals surface area (Å²) >= 11 is 0. The molecule has 0 aliphatic heterocycles. The van der Waals surface area contributed by atoms with Crippen LogP contribution in [0.1, 0.15) is 51.9 Å². The number of carbonyl (C=O) groups is 1. The highest BCUT2D eigenvalue weighted by atomic mass is 16.1. The lowest BCUT2D eigenvalue weighted by molar-refractivity contribution is -0.124. The number of hydrogen-bond donors (Lipinski definition) is 1. The van der Waals surface area contributed by atoms with E-state index in [2.05, 4.69) is 5.32 Å². The standard InChI is InChI=1S/C15H25NO/c1-10(17)14(16-2)15-4-3-11-5-12(8-15)7-13(6-11)9-15/h11-14,16H,3-9H2,1-2H3/t11?,12?,13?,14-,15?/m1/s1. The van der Waals surface area contributed by atoms with Crippen molar-refractivity contribution in [3.05, 3.63) is 0 Å². The van der Waals surface area contributed by atoms with Crippen molar-refractivity contribution in [1.29, 1.82) is 0 Å². The van der Waals surface area contributed by atoms with E-state index in [1.165, 1.54) is 44.9 Å². The van der Waals surface area contributed by atoms with Crippen LogP contribution in [-0.4, -0.2) is 18.9 Å². The van der Waals surface area contributed by atoms with Crippen LogP contribution < -0.4 is 5.32 Å². The fourth-order valence-corrected chi connectivity index (χ4v) is 5.52. The molecule has 4 fully saturated rings. The van der Waals surface area contributed by atoms with Gasteiger partial charge in [-0.15, -0.1) is 0 Å². The van der Waals surface area contributed by atoms with Gasteiger partial charge in [-0.3, -0.25) is 4.79 Å². The number of nitrogens with one attached hydrogen (secondary N) is 1. The van der Waals surface area contributed by atoms with Crippen LogP contribution in [0, 0.1) is 23.2 Å². The first-order valence-electron chi connectivity index (χ1n) is 7.31.